The largest absolute Gasteiger partial charge is 0.340 e. The summed E-state index contributed by atoms with van der Waals surface area (Å²) in [5.41, 5.74) is 2.02. The van der Waals surface area contributed by atoms with E-state index in [1.54, 1.807) is 11.8 Å². The Labute approximate surface area is 153 Å². The zero-order chi connectivity index (χ0) is 17.4. The van der Waals surface area contributed by atoms with Crippen LogP contribution in [0.5, 0.6) is 0 Å². The third-order valence-corrected chi connectivity index (χ3v) is 7.05. The fraction of sp³-hybridized carbons (Fsp3) is 0.737. The predicted octanol–water partition coefficient (Wildman–Crippen LogP) is 2.95. The third-order valence-electron chi connectivity index (χ3n) is 5.95. The molecule has 0 radical (unpaired) electrons. The molecule has 0 spiro atoms. The third kappa shape index (κ3) is 3.14. The monoisotopic (exact) mass is 361 g/mol. The molecule has 2 aliphatic heterocycles. The highest BCUT2D eigenvalue weighted by molar-refractivity contribution is 7.99. The van der Waals surface area contributed by atoms with Crippen LogP contribution in [-0.4, -0.2) is 38.7 Å². The van der Waals surface area contributed by atoms with Crippen molar-refractivity contribution in [1.29, 1.82) is 0 Å². The van der Waals surface area contributed by atoms with Gasteiger partial charge in [-0.05, 0) is 51.4 Å². The molecule has 2 unspecified atom stereocenters. The van der Waals surface area contributed by atoms with Crippen LogP contribution in [-0.2, 0) is 17.6 Å². The van der Waals surface area contributed by atoms with Gasteiger partial charge in [0, 0.05) is 30.3 Å². The highest BCUT2D eigenvalue weighted by Crippen LogP contribution is 2.34. The number of carbonyl (C=O) groups excluding carboxylic acids is 1. The number of fused-ring (bicyclic) bond motifs is 2. The lowest BCUT2D eigenvalue weighted by Crippen LogP contribution is -2.44. The van der Waals surface area contributed by atoms with Crippen LogP contribution in [0.3, 0.4) is 0 Å². The molecule has 1 aliphatic carbocycles. The van der Waals surface area contributed by atoms with Crippen molar-refractivity contribution in [3.63, 3.8) is 0 Å². The Morgan fingerprint density at radius 1 is 1.20 bits per heavy atom. The van der Waals surface area contributed by atoms with Crippen LogP contribution >= 0.6 is 11.8 Å². The molecule has 1 fully saturated rings. The second kappa shape index (κ2) is 7.14. The average molecular weight is 362 g/mol. The van der Waals surface area contributed by atoms with Crippen LogP contribution in [0, 0.1) is 0 Å². The summed E-state index contributed by atoms with van der Waals surface area (Å²) in [6.45, 7) is 3.04. The summed E-state index contributed by atoms with van der Waals surface area (Å²) >= 11 is 1.64. The van der Waals surface area contributed by atoms with Gasteiger partial charge in [0.15, 0.2) is 5.16 Å². The minimum absolute atomic E-state index is 0.0286. The SMILES string of the molecule is CCC1CCCCN1C(=O)CC1CSc2nc3c(c(=O)n21)CCCC3. The number of aromatic nitrogens is 2. The van der Waals surface area contributed by atoms with E-state index in [0.29, 0.717) is 12.5 Å². The molecule has 0 aromatic carbocycles. The van der Waals surface area contributed by atoms with E-state index in [0.717, 1.165) is 73.7 Å². The van der Waals surface area contributed by atoms with Gasteiger partial charge in [-0.25, -0.2) is 4.98 Å². The zero-order valence-electron chi connectivity index (χ0n) is 15.0. The maximum Gasteiger partial charge on any atom is 0.257 e. The van der Waals surface area contributed by atoms with Crippen LogP contribution < -0.4 is 5.56 Å². The Hall–Kier alpha value is -1.30. The van der Waals surface area contributed by atoms with E-state index in [2.05, 4.69) is 11.8 Å². The predicted molar refractivity (Wildman–Crippen MR) is 99.2 cm³/mol. The normalized spacial score (nSPS) is 25.6. The van der Waals surface area contributed by atoms with Crippen LogP contribution in [0.2, 0.25) is 0 Å². The smallest absolute Gasteiger partial charge is 0.257 e. The topological polar surface area (TPSA) is 55.2 Å². The Morgan fingerprint density at radius 3 is 2.88 bits per heavy atom. The van der Waals surface area contributed by atoms with Crippen LogP contribution in [0.25, 0.3) is 0 Å². The summed E-state index contributed by atoms with van der Waals surface area (Å²) in [4.78, 5) is 32.7. The van der Waals surface area contributed by atoms with Gasteiger partial charge in [-0.3, -0.25) is 14.2 Å². The molecule has 1 aromatic heterocycles. The van der Waals surface area contributed by atoms with Gasteiger partial charge in [0.05, 0.1) is 11.7 Å². The first-order chi connectivity index (χ1) is 12.2. The second-order valence-corrected chi connectivity index (χ2v) is 8.50. The number of aryl methyl sites for hydroxylation is 1. The zero-order valence-corrected chi connectivity index (χ0v) is 15.8. The number of rotatable bonds is 3. The molecular weight excluding hydrogens is 334 g/mol. The van der Waals surface area contributed by atoms with Crippen molar-refractivity contribution in [2.75, 3.05) is 12.3 Å². The molecular formula is C19H27N3O2S. The van der Waals surface area contributed by atoms with Gasteiger partial charge in [-0.2, -0.15) is 0 Å². The highest BCUT2D eigenvalue weighted by atomic mass is 32.2. The van der Waals surface area contributed by atoms with Crippen LogP contribution in [0.4, 0.5) is 0 Å². The van der Waals surface area contributed by atoms with Gasteiger partial charge in [0.2, 0.25) is 5.91 Å². The fourth-order valence-corrected chi connectivity index (χ4v) is 5.69. The van der Waals surface area contributed by atoms with Crippen molar-refractivity contribution in [3.05, 3.63) is 21.6 Å². The lowest BCUT2D eigenvalue weighted by molar-refractivity contribution is -0.135. The molecule has 2 atom stereocenters. The van der Waals surface area contributed by atoms with E-state index in [4.69, 9.17) is 4.98 Å². The number of hydrogen-bond acceptors (Lipinski definition) is 4. The van der Waals surface area contributed by atoms with Crippen molar-refractivity contribution in [2.45, 2.75) is 82.0 Å². The van der Waals surface area contributed by atoms with Crippen LogP contribution in [0.1, 0.15) is 69.2 Å². The maximum absolute atomic E-state index is 13.0. The molecule has 0 N–H and O–H groups in total. The van der Waals surface area contributed by atoms with Gasteiger partial charge in [0.1, 0.15) is 0 Å². The number of likely N-dealkylation sites (tertiary alicyclic amines) is 1. The van der Waals surface area contributed by atoms with Crippen molar-refractivity contribution in [1.82, 2.24) is 14.5 Å². The molecule has 3 aliphatic rings. The number of carbonyl (C=O) groups is 1. The van der Waals surface area contributed by atoms with E-state index in [1.807, 2.05) is 4.57 Å². The Morgan fingerprint density at radius 2 is 2.04 bits per heavy atom. The number of nitrogens with zero attached hydrogens (tertiary/aromatic N) is 3. The molecule has 1 saturated heterocycles. The molecule has 0 saturated carbocycles. The van der Waals surface area contributed by atoms with Gasteiger partial charge >= 0.3 is 0 Å². The van der Waals surface area contributed by atoms with Gasteiger partial charge in [-0.1, -0.05) is 18.7 Å². The van der Waals surface area contributed by atoms with E-state index >= 15 is 0 Å². The summed E-state index contributed by atoms with van der Waals surface area (Å²) in [5.74, 6) is 1.01. The Balaban J connectivity index is 1.56. The number of hydrogen-bond donors (Lipinski definition) is 0. The molecule has 4 rings (SSSR count). The van der Waals surface area contributed by atoms with Crippen molar-refractivity contribution < 1.29 is 4.79 Å². The lowest BCUT2D eigenvalue weighted by Gasteiger charge is -2.36. The second-order valence-electron chi connectivity index (χ2n) is 7.52. The van der Waals surface area contributed by atoms with Gasteiger partial charge < -0.3 is 4.90 Å². The first-order valence-electron chi connectivity index (χ1n) is 9.75. The summed E-state index contributed by atoms with van der Waals surface area (Å²) < 4.78 is 1.83. The summed E-state index contributed by atoms with van der Waals surface area (Å²) in [5, 5.41) is 0.828. The van der Waals surface area contributed by atoms with Gasteiger partial charge in [0.25, 0.3) is 5.56 Å². The molecule has 0 bridgehead atoms. The van der Waals surface area contributed by atoms with E-state index in [9.17, 15) is 9.59 Å². The quantitative estimate of drug-likeness (QED) is 0.777. The Kier molecular flexibility index (Phi) is 4.89. The molecule has 6 heteroatoms. The Bertz CT molecular complexity index is 730. The number of amides is 1. The first-order valence-corrected chi connectivity index (χ1v) is 10.7. The number of piperidine rings is 1. The summed E-state index contributed by atoms with van der Waals surface area (Å²) in [6.07, 6.45) is 8.88. The molecule has 3 heterocycles. The summed E-state index contributed by atoms with van der Waals surface area (Å²) in [7, 11) is 0. The molecule has 25 heavy (non-hydrogen) atoms. The number of thioether (sulfide) groups is 1. The minimum Gasteiger partial charge on any atom is -0.340 e. The van der Waals surface area contributed by atoms with Crippen molar-refractivity contribution in [2.24, 2.45) is 0 Å². The molecule has 1 aromatic rings. The van der Waals surface area contributed by atoms with E-state index in [1.165, 1.54) is 6.42 Å². The fourth-order valence-electron chi connectivity index (χ4n) is 4.54. The van der Waals surface area contributed by atoms with Gasteiger partial charge in [-0.15, -0.1) is 0 Å². The highest BCUT2D eigenvalue weighted by Gasteiger charge is 2.33. The lowest BCUT2D eigenvalue weighted by atomic mass is 9.97. The van der Waals surface area contributed by atoms with Crippen molar-refractivity contribution in [3.8, 4) is 0 Å². The maximum atomic E-state index is 13.0. The average Bonchev–Trinajstić information content (AvgIpc) is 3.04. The first kappa shape index (κ1) is 17.1. The van der Waals surface area contributed by atoms with E-state index < -0.39 is 0 Å². The molecule has 5 nitrogen and oxygen atoms in total. The minimum atomic E-state index is -0.0286. The van der Waals surface area contributed by atoms with Crippen molar-refractivity contribution >= 4 is 17.7 Å². The molecule has 1 amide bonds. The summed E-state index contributed by atoms with van der Waals surface area (Å²) in [6, 6.07) is 0.354. The van der Waals surface area contributed by atoms with E-state index in [-0.39, 0.29) is 17.5 Å². The van der Waals surface area contributed by atoms with Crippen LogP contribution in [0.15, 0.2) is 9.95 Å². The standard InChI is InChI=1S/C19H27N3O2S/c1-2-13-7-5-6-10-21(13)17(23)11-14-12-25-19-20-16-9-4-3-8-15(16)18(24)22(14)19/h13-14H,2-12H2,1H3. The molecule has 136 valence electrons.